The van der Waals surface area contributed by atoms with Crippen molar-refractivity contribution in [1.29, 1.82) is 0 Å². The third-order valence-electron chi connectivity index (χ3n) is 3.53. The summed E-state index contributed by atoms with van der Waals surface area (Å²) in [5, 5.41) is 6.22. The molecule has 2 aliphatic heterocycles. The lowest BCUT2D eigenvalue weighted by molar-refractivity contribution is -0.130. The topological polar surface area (TPSA) is 59.6 Å². The number of hydrogen-bond donors (Lipinski definition) is 2. The van der Waals surface area contributed by atoms with Crippen molar-refractivity contribution in [2.24, 2.45) is 5.92 Å². The Hall–Kier alpha value is -1.75. The van der Waals surface area contributed by atoms with Gasteiger partial charge < -0.3 is 20.1 Å². The quantitative estimate of drug-likeness (QED) is 0.835. The highest BCUT2D eigenvalue weighted by atomic mass is 16.6. The Balaban J connectivity index is 1.54. The highest BCUT2D eigenvalue weighted by Crippen LogP contribution is 2.30. The number of para-hydroxylation sites is 2. The number of benzene rings is 1. The SMILES string of the molecule is O=C(NC[C@H]1CCNC1)[C@H]1COc2ccccc2O1. The summed E-state index contributed by atoms with van der Waals surface area (Å²) in [7, 11) is 0. The molecule has 1 aromatic rings. The Morgan fingerprint density at radius 2 is 2.21 bits per heavy atom. The highest BCUT2D eigenvalue weighted by Gasteiger charge is 2.27. The molecule has 0 bridgehead atoms. The van der Waals surface area contributed by atoms with Crippen LogP contribution in [-0.2, 0) is 4.79 Å². The van der Waals surface area contributed by atoms with E-state index in [0.29, 0.717) is 24.0 Å². The molecule has 1 aromatic carbocycles. The van der Waals surface area contributed by atoms with E-state index in [2.05, 4.69) is 10.6 Å². The molecule has 0 unspecified atom stereocenters. The summed E-state index contributed by atoms with van der Waals surface area (Å²) in [5.41, 5.74) is 0. The summed E-state index contributed by atoms with van der Waals surface area (Å²) in [5.74, 6) is 1.77. The zero-order chi connectivity index (χ0) is 13.1. The molecule has 2 N–H and O–H groups in total. The lowest BCUT2D eigenvalue weighted by Gasteiger charge is -2.25. The van der Waals surface area contributed by atoms with E-state index in [-0.39, 0.29) is 12.5 Å². The zero-order valence-electron chi connectivity index (χ0n) is 10.7. The number of carbonyl (C=O) groups excluding carboxylic acids is 1. The molecule has 0 saturated carbocycles. The van der Waals surface area contributed by atoms with E-state index in [0.717, 1.165) is 19.5 Å². The van der Waals surface area contributed by atoms with Crippen LogP contribution in [0.5, 0.6) is 11.5 Å². The molecule has 0 spiro atoms. The van der Waals surface area contributed by atoms with Gasteiger partial charge in [0.1, 0.15) is 6.61 Å². The van der Waals surface area contributed by atoms with Gasteiger partial charge in [0, 0.05) is 6.54 Å². The molecule has 2 heterocycles. The number of amides is 1. The van der Waals surface area contributed by atoms with Crippen LogP contribution in [0, 0.1) is 5.92 Å². The maximum atomic E-state index is 12.0. The van der Waals surface area contributed by atoms with Gasteiger partial charge in [-0.25, -0.2) is 0 Å². The molecule has 3 rings (SSSR count). The first kappa shape index (κ1) is 12.3. The van der Waals surface area contributed by atoms with Crippen molar-refractivity contribution in [1.82, 2.24) is 10.6 Å². The Morgan fingerprint density at radius 3 is 3.00 bits per heavy atom. The van der Waals surface area contributed by atoms with Crippen LogP contribution < -0.4 is 20.1 Å². The smallest absolute Gasteiger partial charge is 0.264 e. The predicted molar refractivity (Wildman–Crippen MR) is 70.3 cm³/mol. The van der Waals surface area contributed by atoms with Crippen molar-refractivity contribution in [3.63, 3.8) is 0 Å². The van der Waals surface area contributed by atoms with Gasteiger partial charge in [-0.1, -0.05) is 12.1 Å². The molecule has 5 nitrogen and oxygen atoms in total. The van der Waals surface area contributed by atoms with Crippen molar-refractivity contribution < 1.29 is 14.3 Å². The van der Waals surface area contributed by atoms with Crippen LogP contribution in [0.3, 0.4) is 0 Å². The molecule has 0 aliphatic carbocycles. The van der Waals surface area contributed by atoms with Gasteiger partial charge in [0.05, 0.1) is 0 Å². The maximum absolute atomic E-state index is 12.0. The van der Waals surface area contributed by atoms with Crippen LogP contribution in [0.2, 0.25) is 0 Å². The van der Waals surface area contributed by atoms with Crippen LogP contribution in [0.4, 0.5) is 0 Å². The minimum absolute atomic E-state index is 0.0959. The summed E-state index contributed by atoms with van der Waals surface area (Å²) in [6.07, 6.45) is 0.565. The van der Waals surface area contributed by atoms with Gasteiger partial charge in [0.25, 0.3) is 5.91 Å². The van der Waals surface area contributed by atoms with Crippen molar-refractivity contribution >= 4 is 5.91 Å². The van der Waals surface area contributed by atoms with Crippen molar-refractivity contribution in [3.05, 3.63) is 24.3 Å². The minimum Gasteiger partial charge on any atom is -0.485 e. The Bertz CT molecular complexity index is 458. The lowest BCUT2D eigenvalue weighted by Crippen LogP contribution is -2.45. The second-order valence-electron chi connectivity index (χ2n) is 4.97. The molecule has 5 heteroatoms. The van der Waals surface area contributed by atoms with Gasteiger partial charge >= 0.3 is 0 Å². The summed E-state index contributed by atoms with van der Waals surface area (Å²) >= 11 is 0. The Morgan fingerprint density at radius 1 is 1.37 bits per heavy atom. The van der Waals surface area contributed by atoms with E-state index < -0.39 is 6.10 Å². The van der Waals surface area contributed by atoms with Gasteiger partial charge in [-0.2, -0.15) is 0 Å². The fourth-order valence-corrected chi connectivity index (χ4v) is 2.40. The second kappa shape index (κ2) is 5.48. The van der Waals surface area contributed by atoms with Crippen molar-refractivity contribution in [3.8, 4) is 11.5 Å². The Kier molecular flexibility index (Phi) is 3.55. The van der Waals surface area contributed by atoms with Gasteiger partial charge in [0.2, 0.25) is 6.10 Å². The van der Waals surface area contributed by atoms with Gasteiger partial charge in [-0.15, -0.1) is 0 Å². The maximum Gasteiger partial charge on any atom is 0.264 e. The van der Waals surface area contributed by atoms with E-state index >= 15 is 0 Å². The number of fused-ring (bicyclic) bond motifs is 1. The van der Waals surface area contributed by atoms with Crippen LogP contribution in [-0.4, -0.2) is 38.3 Å². The number of carbonyl (C=O) groups is 1. The molecular formula is C14H18N2O3. The summed E-state index contributed by atoms with van der Waals surface area (Å²) in [6, 6.07) is 7.41. The van der Waals surface area contributed by atoms with Gasteiger partial charge in [-0.05, 0) is 37.6 Å². The first-order chi connectivity index (χ1) is 9.33. The molecule has 2 atom stereocenters. The van der Waals surface area contributed by atoms with Crippen molar-refractivity contribution in [2.75, 3.05) is 26.2 Å². The number of ether oxygens (including phenoxy) is 2. The fourth-order valence-electron chi connectivity index (χ4n) is 2.40. The van der Waals surface area contributed by atoms with Crippen molar-refractivity contribution in [2.45, 2.75) is 12.5 Å². The minimum atomic E-state index is -0.552. The standard InChI is InChI=1S/C14H18N2O3/c17-14(16-8-10-5-6-15-7-10)13-9-18-11-3-1-2-4-12(11)19-13/h1-4,10,13,15H,5-9H2,(H,16,17)/t10-,13+/m0/s1. The van der Waals surface area contributed by atoms with Gasteiger partial charge in [-0.3, -0.25) is 4.79 Å². The normalized spacial score (nSPS) is 25.1. The van der Waals surface area contributed by atoms with Crippen LogP contribution >= 0.6 is 0 Å². The summed E-state index contributed by atoms with van der Waals surface area (Å²) < 4.78 is 11.2. The summed E-state index contributed by atoms with van der Waals surface area (Å²) in [4.78, 5) is 12.0. The van der Waals surface area contributed by atoms with E-state index in [1.165, 1.54) is 0 Å². The number of hydrogen-bond acceptors (Lipinski definition) is 4. The number of rotatable bonds is 3. The predicted octanol–water partition coefficient (Wildman–Crippen LogP) is 0.552. The zero-order valence-corrected chi connectivity index (χ0v) is 10.7. The molecule has 1 saturated heterocycles. The lowest BCUT2D eigenvalue weighted by atomic mass is 10.1. The molecule has 2 aliphatic rings. The first-order valence-corrected chi connectivity index (χ1v) is 6.70. The fraction of sp³-hybridized carbons (Fsp3) is 0.500. The molecule has 102 valence electrons. The van der Waals surface area contributed by atoms with Crippen LogP contribution in [0.1, 0.15) is 6.42 Å². The largest absolute Gasteiger partial charge is 0.485 e. The van der Waals surface area contributed by atoms with Crippen LogP contribution in [0.25, 0.3) is 0 Å². The van der Waals surface area contributed by atoms with Gasteiger partial charge in [0.15, 0.2) is 11.5 Å². The second-order valence-corrected chi connectivity index (χ2v) is 4.97. The Labute approximate surface area is 112 Å². The third-order valence-corrected chi connectivity index (χ3v) is 3.53. The average Bonchev–Trinajstić information content (AvgIpc) is 2.97. The van der Waals surface area contributed by atoms with E-state index in [4.69, 9.17) is 9.47 Å². The summed E-state index contributed by atoms with van der Waals surface area (Å²) in [6.45, 7) is 2.99. The van der Waals surface area contributed by atoms with E-state index in [9.17, 15) is 4.79 Å². The first-order valence-electron chi connectivity index (χ1n) is 6.70. The average molecular weight is 262 g/mol. The van der Waals surface area contributed by atoms with E-state index in [1.54, 1.807) is 0 Å². The molecule has 0 aromatic heterocycles. The highest BCUT2D eigenvalue weighted by molar-refractivity contribution is 5.81. The van der Waals surface area contributed by atoms with E-state index in [1.807, 2.05) is 24.3 Å². The van der Waals surface area contributed by atoms with Crippen LogP contribution in [0.15, 0.2) is 24.3 Å². The molecular weight excluding hydrogens is 244 g/mol. The molecule has 19 heavy (non-hydrogen) atoms. The molecule has 0 radical (unpaired) electrons. The molecule has 1 amide bonds. The number of nitrogens with one attached hydrogen (secondary N) is 2. The monoisotopic (exact) mass is 262 g/mol. The molecule has 1 fully saturated rings. The third kappa shape index (κ3) is 2.81.